The molecule has 4 heterocycles. The van der Waals surface area contributed by atoms with E-state index in [0.717, 1.165) is 86.9 Å². The summed E-state index contributed by atoms with van der Waals surface area (Å²) in [6.45, 7) is 25.1. The van der Waals surface area contributed by atoms with Gasteiger partial charge in [0, 0.05) is 74.2 Å². The van der Waals surface area contributed by atoms with Crippen molar-refractivity contribution < 1.29 is 103 Å². The number of aryl methyl sites for hydroxylation is 8. The predicted molar refractivity (Wildman–Crippen MR) is 343 cm³/mol. The van der Waals surface area contributed by atoms with Crippen LogP contribution >= 0.6 is 67.5 Å². The maximum Gasteiger partial charge on any atom is 1.00 e. The summed E-state index contributed by atoms with van der Waals surface area (Å²) >= 11 is -0.682. The van der Waals surface area contributed by atoms with Crippen molar-refractivity contribution in [2.45, 2.75) is 128 Å². The van der Waals surface area contributed by atoms with E-state index in [9.17, 15) is 0 Å². The Hall–Kier alpha value is 0.343. The Balaban J connectivity index is 0.000000548. The van der Waals surface area contributed by atoms with Gasteiger partial charge in [-0.1, -0.05) is 72.8 Å². The molecule has 0 radical (unpaired) electrons. The van der Waals surface area contributed by atoms with Crippen molar-refractivity contribution in [3.8, 4) is 0 Å². The second-order valence-electron chi connectivity index (χ2n) is 19.1. The third-order valence-corrected chi connectivity index (χ3v) is 14.9. The summed E-state index contributed by atoms with van der Waals surface area (Å²) in [5.74, 6) is 1.83. The molecule has 6 nitrogen and oxygen atoms in total. The van der Waals surface area contributed by atoms with Gasteiger partial charge < -0.3 is 28.9 Å². The summed E-state index contributed by atoms with van der Waals surface area (Å²) in [5.41, 5.74) is 16.7. The van der Waals surface area contributed by atoms with Crippen LogP contribution in [0.15, 0.2) is 129 Å². The molecule has 0 bridgehead atoms. The van der Waals surface area contributed by atoms with Crippen LogP contribution in [0.3, 0.4) is 0 Å². The smallest absolute Gasteiger partial charge is 1.00 e. The van der Waals surface area contributed by atoms with Crippen molar-refractivity contribution in [3.63, 3.8) is 0 Å². The van der Waals surface area contributed by atoms with Gasteiger partial charge in [-0.05, 0) is 164 Å². The molecule has 0 spiro atoms. The van der Waals surface area contributed by atoms with Crippen LogP contribution < -0.4 is 37.7 Å². The fourth-order valence-corrected chi connectivity index (χ4v) is 10.2. The zero-order chi connectivity index (χ0) is 58.3. The van der Waals surface area contributed by atoms with E-state index in [1.165, 1.54) is 117 Å². The van der Waals surface area contributed by atoms with Crippen LogP contribution in [-0.2, 0) is 77.1 Å². The minimum atomic E-state index is -2.22. The van der Waals surface area contributed by atoms with E-state index in [0.29, 0.717) is 0 Å². The van der Waals surface area contributed by atoms with Crippen LogP contribution in [0.5, 0.6) is 0 Å². The zero-order valence-corrected chi connectivity index (χ0v) is 61.9. The Kier molecular flexibility index (Phi) is 49.1. The standard InChI is InChI=1S/2C24H24NS.4C4H8O.6ClH.2Li.2Y/c2*1-17-8-5-9-18(2)23(17)25-15-21-12-7-13-22(14-21)16-26-24-19(3)10-6-11-20(24)4;4*1-2-4-5-3-1;;;;;;;;;;/h2*5-13,15H,16H2,1-4H3;4*1-4H2;6*1H;;;;/q2*-1;;;;;;;;;;;2*+1;2*+3/p-6. The van der Waals surface area contributed by atoms with E-state index < -0.39 is 46.7 Å². The van der Waals surface area contributed by atoms with Gasteiger partial charge in [-0.2, -0.15) is 0 Å². The van der Waals surface area contributed by atoms with Gasteiger partial charge in [-0.15, -0.1) is 94.3 Å². The van der Waals surface area contributed by atoms with Crippen molar-refractivity contribution in [3.05, 3.63) is 188 Å². The molecule has 4 fully saturated rings. The minimum Gasteiger partial charge on any atom is 1.00 e. The normalized spacial score (nSPS) is 13.6. The minimum absolute atomic E-state index is 0. The summed E-state index contributed by atoms with van der Waals surface area (Å²) in [7, 11) is 30.1. The van der Waals surface area contributed by atoms with E-state index in [1.807, 2.05) is 36.0 Å². The summed E-state index contributed by atoms with van der Waals surface area (Å²) in [5, 5.41) is 0. The largest absolute Gasteiger partial charge is 1.00 e. The zero-order valence-electron chi connectivity index (χ0n) is 50.0. The Morgan fingerprint density at radius 1 is 0.378 bits per heavy atom. The molecule has 0 atom stereocenters. The Morgan fingerprint density at radius 3 is 0.817 bits per heavy atom. The van der Waals surface area contributed by atoms with Gasteiger partial charge >= 0.3 is 128 Å². The number of hydrogen-bond acceptors (Lipinski definition) is 8. The maximum atomic E-state index is 5.02. The third-order valence-electron chi connectivity index (χ3n) is 12.2. The number of hydrogen-bond donors (Lipinski definition) is 0. The molecule has 0 unspecified atom stereocenters. The third kappa shape index (κ3) is 37.4. The van der Waals surface area contributed by atoms with Gasteiger partial charge in [0.2, 0.25) is 0 Å². The average molecular weight is 1410 g/mol. The molecule has 6 aromatic rings. The molecule has 18 heteroatoms. The van der Waals surface area contributed by atoms with Crippen LogP contribution in [0.25, 0.3) is 0 Å². The number of rotatable bonds is 10. The quantitative estimate of drug-likeness (QED) is 0.0589. The van der Waals surface area contributed by atoms with E-state index in [1.54, 1.807) is 0 Å². The van der Waals surface area contributed by atoms with Crippen LogP contribution in [0, 0.1) is 67.5 Å². The number of halogens is 6. The van der Waals surface area contributed by atoms with Crippen LogP contribution in [-0.4, -0.2) is 65.3 Å². The first-order chi connectivity index (χ1) is 38.5. The van der Waals surface area contributed by atoms with E-state index >= 15 is 0 Å². The van der Waals surface area contributed by atoms with Gasteiger partial charge in [0.15, 0.2) is 0 Å². The first-order valence-electron chi connectivity index (χ1n) is 27.3. The van der Waals surface area contributed by atoms with Crippen molar-refractivity contribution in [2.24, 2.45) is 9.98 Å². The van der Waals surface area contributed by atoms with E-state index in [-0.39, 0.29) is 37.7 Å². The molecule has 82 heavy (non-hydrogen) atoms. The Morgan fingerprint density at radius 2 is 0.598 bits per heavy atom. The number of nitrogens with zero attached hydrogens (tertiary/aromatic N) is 2. The summed E-state index contributed by atoms with van der Waals surface area (Å²) in [6, 6.07) is 45.0. The van der Waals surface area contributed by atoms with E-state index in [4.69, 9.17) is 72.9 Å². The first-order valence-corrected chi connectivity index (χ1v) is 51.2. The molecule has 4 aliphatic heterocycles. The van der Waals surface area contributed by atoms with Crippen LogP contribution in [0.4, 0.5) is 11.4 Å². The topological polar surface area (TPSA) is 61.6 Å². The van der Waals surface area contributed by atoms with Crippen molar-refractivity contribution >= 4 is 91.3 Å². The number of ether oxygens (including phenoxy) is 4. The first kappa shape index (κ1) is 80.4. The van der Waals surface area contributed by atoms with Gasteiger partial charge in [0.05, 0.1) is 11.4 Å². The molecule has 4 saturated heterocycles. The molecular weight excluding hydrogens is 1330 g/mol. The molecule has 0 aliphatic carbocycles. The molecule has 6 aromatic carbocycles. The molecule has 0 aromatic heterocycles. The Labute approximate surface area is 565 Å². The second kappa shape index (κ2) is 50.1. The number of thioether (sulfide) groups is 2. The molecule has 432 valence electrons. The molecule has 0 saturated carbocycles. The molecule has 0 N–H and O–H groups in total. The fraction of sp³-hybridized carbons (Fsp3) is 0.406. The van der Waals surface area contributed by atoms with Crippen molar-refractivity contribution in [2.75, 3.05) is 52.9 Å². The SMILES string of the molecule is C1CCOC1.C1CCOC1.C1CCOC1.C1CCOC1.Cc1cccc(C)c1N=Cc1[c-]c(CSc2c(C)cccc2C)ccc1.Cc1cccc(C)c1N=Cc1[c-]c(CSc2c(C)cccc2C)ccc1.[Cl][Y]([Cl])[Cl].[Cl][Y]([Cl])[Cl].[Li+].[Li+]. The van der Waals surface area contributed by atoms with Crippen molar-refractivity contribution in [1.29, 1.82) is 0 Å². The number of benzene rings is 6. The Bertz CT molecular complexity index is 2400. The fourth-order valence-electron chi connectivity index (χ4n) is 8.07. The van der Waals surface area contributed by atoms with Gasteiger partial charge in [-0.3, -0.25) is 0 Å². The predicted octanol–water partition coefficient (Wildman–Crippen LogP) is 14.9. The monoisotopic (exact) mass is 1410 g/mol. The summed E-state index contributed by atoms with van der Waals surface area (Å²) in [6.07, 6.45) is 14.1. The summed E-state index contributed by atoms with van der Waals surface area (Å²) < 4.78 is 19.8. The van der Waals surface area contributed by atoms with E-state index in [2.05, 4.69) is 177 Å². The molecular formula is C64H80Cl6Li2N2O4S2Y2. The van der Waals surface area contributed by atoms with Gasteiger partial charge in [0.1, 0.15) is 0 Å². The van der Waals surface area contributed by atoms with Gasteiger partial charge in [-0.25, -0.2) is 0 Å². The average Bonchev–Trinajstić information content (AvgIpc) is 4.31. The molecule has 4 aliphatic rings. The second-order valence-corrected chi connectivity index (χ2v) is 46.9. The van der Waals surface area contributed by atoms with Crippen LogP contribution in [0.2, 0.25) is 0 Å². The summed E-state index contributed by atoms with van der Waals surface area (Å²) in [4.78, 5) is 12.1. The number of aliphatic imine (C=N–C) groups is 2. The van der Waals surface area contributed by atoms with Crippen LogP contribution in [0.1, 0.15) is 118 Å². The number of para-hydroxylation sites is 2. The van der Waals surface area contributed by atoms with Gasteiger partial charge in [0.25, 0.3) is 0 Å². The van der Waals surface area contributed by atoms with Crippen molar-refractivity contribution in [1.82, 2.24) is 0 Å². The molecule has 10 rings (SSSR count). The maximum absolute atomic E-state index is 5.02. The molecule has 0 amide bonds.